The number of nitrogens with two attached hydrogens (primary N) is 1. The van der Waals surface area contributed by atoms with Gasteiger partial charge in [0, 0.05) is 17.3 Å². The second-order valence-electron chi connectivity index (χ2n) is 5.44. The number of nitrogens with zero attached hydrogens (tertiary/aromatic N) is 1. The minimum Gasteiger partial charge on any atom is -0.398 e. The number of hydrogen-bond acceptors (Lipinski definition) is 3. The molecule has 1 aliphatic rings. The van der Waals surface area contributed by atoms with Crippen LogP contribution in [0.15, 0.2) is 41.3 Å². The molecule has 23 heavy (non-hydrogen) atoms. The summed E-state index contributed by atoms with van der Waals surface area (Å²) in [5, 5.41) is 0.411. The van der Waals surface area contributed by atoms with E-state index >= 15 is 0 Å². The third-order valence-corrected chi connectivity index (χ3v) is 6.15. The fourth-order valence-corrected chi connectivity index (χ4v) is 4.86. The van der Waals surface area contributed by atoms with Gasteiger partial charge in [-0.25, -0.2) is 8.42 Å². The molecule has 0 amide bonds. The van der Waals surface area contributed by atoms with Gasteiger partial charge >= 0.3 is 0 Å². The van der Waals surface area contributed by atoms with Crippen LogP contribution in [0.4, 0.5) is 11.4 Å². The lowest BCUT2D eigenvalue weighted by Crippen LogP contribution is -2.36. The first kappa shape index (κ1) is 17.9. The molecule has 0 unspecified atom stereocenters. The van der Waals surface area contributed by atoms with Crippen molar-refractivity contribution >= 4 is 45.4 Å². The number of rotatable bonds is 2. The average Bonchev–Trinajstić information content (AvgIpc) is 2.49. The molecular formula is C16H18Cl2N2O2S. The molecule has 3 rings (SSSR count). The van der Waals surface area contributed by atoms with Gasteiger partial charge in [0.2, 0.25) is 0 Å². The summed E-state index contributed by atoms with van der Waals surface area (Å²) < 4.78 is 27.6. The van der Waals surface area contributed by atoms with E-state index in [9.17, 15) is 8.42 Å². The van der Waals surface area contributed by atoms with E-state index in [0.717, 1.165) is 18.4 Å². The number of hydrogen-bond donors (Lipinski definition) is 1. The highest BCUT2D eigenvalue weighted by Gasteiger charge is 2.30. The summed E-state index contributed by atoms with van der Waals surface area (Å²) >= 11 is 5.98. The van der Waals surface area contributed by atoms with Crippen LogP contribution < -0.4 is 10.0 Å². The van der Waals surface area contributed by atoms with Crippen molar-refractivity contribution < 1.29 is 8.42 Å². The van der Waals surface area contributed by atoms with Crippen LogP contribution in [0.25, 0.3) is 0 Å². The lowest BCUT2D eigenvalue weighted by atomic mass is 10.0. The molecular weight excluding hydrogens is 355 g/mol. The van der Waals surface area contributed by atoms with E-state index in [-0.39, 0.29) is 17.3 Å². The molecule has 0 radical (unpaired) electrons. The van der Waals surface area contributed by atoms with E-state index in [4.69, 9.17) is 17.3 Å². The van der Waals surface area contributed by atoms with Crippen LogP contribution in [0.3, 0.4) is 0 Å². The number of nitrogen functional groups attached to an aromatic ring is 1. The summed E-state index contributed by atoms with van der Waals surface area (Å²) in [6.07, 6.45) is 1.54. The molecule has 0 atom stereocenters. The van der Waals surface area contributed by atoms with E-state index in [1.807, 2.05) is 6.07 Å². The Bertz CT molecular complexity index is 838. The zero-order chi connectivity index (χ0) is 15.9. The lowest BCUT2D eigenvalue weighted by molar-refractivity contribution is 0.586. The lowest BCUT2D eigenvalue weighted by Gasteiger charge is -2.31. The van der Waals surface area contributed by atoms with Gasteiger partial charge in [0.25, 0.3) is 10.0 Å². The highest BCUT2D eigenvalue weighted by atomic mass is 35.5. The van der Waals surface area contributed by atoms with Gasteiger partial charge in [0.1, 0.15) is 0 Å². The van der Waals surface area contributed by atoms with Crippen molar-refractivity contribution in [1.82, 2.24) is 0 Å². The molecule has 124 valence electrons. The molecule has 2 N–H and O–H groups in total. The fourth-order valence-electron chi connectivity index (χ4n) is 2.84. The monoisotopic (exact) mass is 372 g/mol. The Labute approximate surface area is 147 Å². The van der Waals surface area contributed by atoms with Crippen LogP contribution in [0.5, 0.6) is 0 Å². The Balaban J connectivity index is 0.00000192. The number of sulfonamides is 1. The second-order valence-corrected chi connectivity index (χ2v) is 7.70. The Hall–Kier alpha value is -1.43. The highest BCUT2D eigenvalue weighted by molar-refractivity contribution is 7.92. The van der Waals surface area contributed by atoms with Gasteiger partial charge in [-0.3, -0.25) is 4.31 Å². The molecule has 0 fully saturated rings. The largest absolute Gasteiger partial charge is 0.398 e. The molecule has 0 saturated carbocycles. The standard InChI is InChI=1S/C16H17ClN2O2S.ClH/c1-11-7-8-12(17)10-16(11)22(20,21)19-9-3-4-13-14(18)5-2-6-15(13)19;/h2,5-8,10H,3-4,9,18H2,1H3;1H. The van der Waals surface area contributed by atoms with Crippen molar-refractivity contribution in [3.8, 4) is 0 Å². The van der Waals surface area contributed by atoms with Gasteiger partial charge in [-0.2, -0.15) is 0 Å². The molecule has 2 aromatic carbocycles. The van der Waals surface area contributed by atoms with Crippen molar-refractivity contribution in [2.45, 2.75) is 24.7 Å². The Morgan fingerprint density at radius 3 is 2.70 bits per heavy atom. The van der Waals surface area contributed by atoms with E-state index < -0.39 is 10.0 Å². The van der Waals surface area contributed by atoms with Gasteiger partial charge in [-0.05, 0) is 55.2 Å². The minimum absolute atomic E-state index is 0. The van der Waals surface area contributed by atoms with Gasteiger partial charge < -0.3 is 5.73 Å². The summed E-state index contributed by atoms with van der Waals surface area (Å²) in [6, 6.07) is 10.3. The summed E-state index contributed by atoms with van der Waals surface area (Å²) in [7, 11) is -3.65. The Kier molecular flexibility index (Phi) is 5.14. The van der Waals surface area contributed by atoms with E-state index in [0.29, 0.717) is 28.5 Å². The summed E-state index contributed by atoms with van der Waals surface area (Å²) in [5.74, 6) is 0. The smallest absolute Gasteiger partial charge is 0.264 e. The molecule has 2 aromatic rings. The summed E-state index contributed by atoms with van der Waals surface area (Å²) in [6.45, 7) is 2.22. The molecule has 0 saturated heterocycles. The zero-order valence-corrected chi connectivity index (χ0v) is 15.0. The van der Waals surface area contributed by atoms with Crippen molar-refractivity contribution in [2.75, 3.05) is 16.6 Å². The maximum atomic E-state index is 13.1. The number of benzene rings is 2. The van der Waals surface area contributed by atoms with Crippen molar-refractivity contribution in [3.63, 3.8) is 0 Å². The first-order valence-electron chi connectivity index (χ1n) is 7.07. The van der Waals surface area contributed by atoms with E-state index in [1.54, 1.807) is 31.2 Å². The molecule has 4 nitrogen and oxygen atoms in total. The molecule has 0 bridgehead atoms. The molecule has 0 aromatic heterocycles. The van der Waals surface area contributed by atoms with Gasteiger partial charge in [-0.1, -0.05) is 23.7 Å². The molecule has 0 aliphatic carbocycles. The van der Waals surface area contributed by atoms with Crippen LogP contribution in [-0.4, -0.2) is 15.0 Å². The second kappa shape index (κ2) is 6.59. The number of halogens is 2. The maximum Gasteiger partial charge on any atom is 0.264 e. The third-order valence-electron chi connectivity index (χ3n) is 3.96. The predicted molar refractivity (Wildman–Crippen MR) is 97.1 cm³/mol. The molecule has 7 heteroatoms. The normalized spacial score (nSPS) is 14.1. The minimum atomic E-state index is -3.65. The summed E-state index contributed by atoms with van der Waals surface area (Å²) in [5.41, 5.74) is 8.89. The van der Waals surface area contributed by atoms with Crippen LogP contribution in [-0.2, 0) is 16.4 Å². The Morgan fingerprint density at radius 1 is 1.22 bits per heavy atom. The third kappa shape index (κ3) is 3.13. The maximum absolute atomic E-state index is 13.1. The van der Waals surface area contributed by atoms with Crippen LogP contribution in [0, 0.1) is 6.92 Å². The molecule has 0 spiro atoms. The zero-order valence-electron chi connectivity index (χ0n) is 12.6. The first-order valence-corrected chi connectivity index (χ1v) is 8.89. The molecule has 1 heterocycles. The molecule has 1 aliphatic heterocycles. The Morgan fingerprint density at radius 2 is 1.96 bits per heavy atom. The quantitative estimate of drug-likeness (QED) is 0.815. The number of aryl methyl sites for hydroxylation is 1. The number of fused-ring (bicyclic) bond motifs is 1. The summed E-state index contributed by atoms with van der Waals surface area (Å²) in [4.78, 5) is 0.246. The van der Waals surface area contributed by atoms with Gasteiger partial charge in [0.05, 0.1) is 10.6 Å². The first-order chi connectivity index (χ1) is 10.4. The number of anilines is 2. The van der Waals surface area contributed by atoms with Crippen LogP contribution in [0.2, 0.25) is 5.02 Å². The van der Waals surface area contributed by atoms with Crippen molar-refractivity contribution in [3.05, 3.63) is 52.5 Å². The van der Waals surface area contributed by atoms with Crippen molar-refractivity contribution in [1.29, 1.82) is 0 Å². The fraction of sp³-hybridized carbons (Fsp3) is 0.250. The van der Waals surface area contributed by atoms with Crippen LogP contribution in [0.1, 0.15) is 17.5 Å². The van der Waals surface area contributed by atoms with E-state index in [1.165, 1.54) is 10.4 Å². The van der Waals surface area contributed by atoms with Gasteiger partial charge in [0.15, 0.2) is 0 Å². The highest BCUT2D eigenvalue weighted by Crippen LogP contribution is 2.36. The predicted octanol–water partition coefficient (Wildman–Crippen LogP) is 3.79. The van der Waals surface area contributed by atoms with Gasteiger partial charge in [-0.15, -0.1) is 12.4 Å². The van der Waals surface area contributed by atoms with Crippen molar-refractivity contribution in [2.24, 2.45) is 0 Å². The van der Waals surface area contributed by atoms with E-state index in [2.05, 4.69) is 0 Å². The van der Waals surface area contributed by atoms with Crippen LogP contribution >= 0.6 is 24.0 Å². The average molecular weight is 373 g/mol. The topological polar surface area (TPSA) is 63.4 Å². The SMILES string of the molecule is Cc1ccc(Cl)cc1S(=O)(=O)N1CCCc2c(N)cccc21.Cl.